The predicted molar refractivity (Wildman–Crippen MR) is 55.4 cm³/mol. The zero-order valence-electron chi connectivity index (χ0n) is 8.54. The fourth-order valence-electron chi connectivity index (χ4n) is 2.08. The minimum Gasteiger partial charge on any atom is -0.478 e. The van der Waals surface area contributed by atoms with Crippen LogP contribution in [0.3, 0.4) is 0 Å². The lowest BCUT2D eigenvalue weighted by molar-refractivity contribution is 0.0696. The van der Waals surface area contributed by atoms with Gasteiger partial charge in [0, 0.05) is 12.0 Å². The molecule has 1 aromatic rings. The molecule has 0 unspecified atom stereocenters. The molecule has 3 nitrogen and oxygen atoms in total. The summed E-state index contributed by atoms with van der Waals surface area (Å²) in [4.78, 5) is 22.5. The van der Waals surface area contributed by atoms with E-state index in [-0.39, 0.29) is 11.3 Å². The second-order valence-corrected chi connectivity index (χ2v) is 3.90. The van der Waals surface area contributed by atoms with Gasteiger partial charge >= 0.3 is 5.97 Å². The fraction of sp³-hybridized carbons (Fsp3) is 0.333. The first-order chi connectivity index (χ1) is 7.09. The monoisotopic (exact) mass is 204 g/mol. The zero-order valence-corrected chi connectivity index (χ0v) is 8.54. The lowest BCUT2D eigenvalue weighted by Gasteiger charge is -2.17. The summed E-state index contributed by atoms with van der Waals surface area (Å²) in [5, 5.41) is 8.89. The van der Waals surface area contributed by atoms with Gasteiger partial charge in [-0.1, -0.05) is 0 Å². The second kappa shape index (κ2) is 3.50. The van der Waals surface area contributed by atoms with Crippen molar-refractivity contribution in [3.63, 3.8) is 0 Å². The molecule has 0 spiro atoms. The molecule has 0 bridgehead atoms. The Kier molecular flexibility index (Phi) is 2.31. The average molecular weight is 204 g/mol. The van der Waals surface area contributed by atoms with Gasteiger partial charge in [-0.2, -0.15) is 0 Å². The number of benzene rings is 1. The molecule has 1 N–H and O–H groups in total. The number of aryl methyl sites for hydroxylation is 1. The minimum absolute atomic E-state index is 0.0717. The van der Waals surface area contributed by atoms with E-state index in [1.807, 2.05) is 6.92 Å². The molecular weight excluding hydrogens is 192 g/mol. The first kappa shape index (κ1) is 9.90. The third kappa shape index (κ3) is 1.65. The Labute approximate surface area is 87.7 Å². The number of carboxylic acids is 1. The van der Waals surface area contributed by atoms with Gasteiger partial charge in [0.2, 0.25) is 0 Å². The molecule has 0 atom stereocenters. The van der Waals surface area contributed by atoms with E-state index in [1.54, 1.807) is 6.07 Å². The van der Waals surface area contributed by atoms with E-state index in [0.717, 1.165) is 24.0 Å². The number of carbonyl (C=O) groups is 2. The number of Topliss-reactive ketones (excluding diaryl/α,β-unsaturated/α-hetero) is 1. The van der Waals surface area contributed by atoms with Gasteiger partial charge in [-0.15, -0.1) is 0 Å². The number of hydrogen-bond acceptors (Lipinski definition) is 2. The molecule has 0 amide bonds. The molecule has 0 heterocycles. The maximum atomic E-state index is 11.6. The van der Waals surface area contributed by atoms with Crippen molar-refractivity contribution in [3.8, 4) is 0 Å². The Morgan fingerprint density at radius 3 is 2.73 bits per heavy atom. The van der Waals surface area contributed by atoms with E-state index in [1.165, 1.54) is 6.07 Å². The van der Waals surface area contributed by atoms with Crippen LogP contribution >= 0.6 is 0 Å². The maximum absolute atomic E-state index is 11.6. The number of aromatic carboxylic acids is 1. The van der Waals surface area contributed by atoms with E-state index in [9.17, 15) is 9.59 Å². The van der Waals surface area contributed by atoms with Crippen LogP contribution in [0, 0.1) is 6.92 Å². The van der Waals surface area contributed by atoms with Crippen LogP contribution in [-0.2, 0) is 6.42 Å². The smallest absolute Gasteiger partial charge is 0.335 e. The molecule has 1 aliphatic carbocycles. The fourth-order valence-corrected chi connectivity index (χ4v) is 2.08. The third-order valence-corrected chi connectivity index (χ3v) is 2.85. The molecule has 0 aromatic heterocycles. The van der Waals surface area contributed by atoms with Crippen LogP contribution in [0.2, 0.25) is 0 Å². The minimum atomic E-state index is -0.973. The highest BCUT2D eigenvalue weighted by atomic mass is 16.4. The van der Waals surface area contributed by atoms with Gasteiger partial charge in [-0.25, -0.2) is 4.79 Å². The van der Waals surface area contributed by atoms with E-state index in [0.29, 0.717) is 12.0 Å². The maximum Gasteiger partial charge on any atom is 0.335 e. The van der Waals surface area contributed by atoms with Crippen molar-refractivity contribution in [1.29, 1.82) is 0 Å². The van der Waals surface area contributed by atoms with E-state index in [2.05, 4.69) is 0 Å². The number of hydrogen-bond donors (Lipinski definition) is 1. The van der Waals surface area contributed by atoms with Crippen molar-refractivity contribution < 1.29 is 14.7 Å². The summed E-state index contributed by atoms with van der Waals surface area (Å²) in [7, 11) is 0. The highest BCUT2D eigenvalue weighted by Crippen LogP contribution is 2.25. The summed E-state index contributed by atoms with van der Waals surface area (Å²) in [6.07, 6.45) is 2.29. The van der Waals surface area contributed by atoms with Crippen molar-refractivity contribution in [2.45, 2.75) is 26.2 Å². The summed E-state index contributed by atoms with van der Waals surface area (Å²) >= 11 is 0. The molecule has 0 fully saturated rings. The van der Waals surface area contributed by atoms with Crippen molar-refractivity contribution in [2.75, 3.05) is 0 Å². The van der Waals surface area contributed by atoms with E-state index >= 15 is 0 Å². The van der Waals surface area contributed by atoms with E-state index < -0.39 is 5.97 Å². The highest BCUT2D eigenvalue weighted by Gasteiger charge is 2.20. The number of carboxylic acid groups (broad SMARTS) is 1. The molecule has 1 aliphatic rings. The van der Waals surface area contributed by atoms with Gasteiger partial charge < -0.3 is 5.11 Å². The van der Waals surface area contributed by atoms with Crippen LogP contribution < -0.4 is 0 Å². The van der Waals surface area contributed by atoms with Gasteiger partial charge in [0.15, 0.2) is 5.78 Å². The number of carbonyl (C=O) groups excluding carboxylic acids is 1. The summed E-state index contributed by atoms with van der Waals surface area (Å²) < 4.78 is 0. The molecule has 0 radical (unpaired) electrons. The van der Waals surface area contributed by atoms with Crippen molar-refractivity contribution >= 4 is 11.8 Å². The second-order valence-electron chi connectivity index (χ2n) is 3.90. The third-order valence-electron chi connectivity index (χ3n) is 2.85. The van der Waals surface area contributed by atoms with Crippen molar-refractivity contribution in [2.24, 2.45) is 0 Å². The number of fused-ring (bicyclic) bond motifs is 1. The average Bonchev–Trinajstić information content (AvgIpc) is 2.19. The summed E-state index contributed by atoms with van der Waals surface area (Å²) in [6.45, 7) is 1.86. The predicted octanol–water partition coefficient (Wildman–Crippen LogP) is 2.21. The Morgan fingerprint density at radius 1 is 1.33 bits per heavy atom. The SMILES string of the molecule is Cc1cc(C(=O)O)cc2c1CCCC2=O. The molecule has 0 aliphatic heterocycles. The molecule has 78 valence electrons. The normalized spacial score (nSPS) is 14.9. The van der Waals surface area contributed by atoms with Gasteiger partial charge in [0.25, 0.3) is 0 Å². The van der Waals surface area contributed by atoms with E-state index in [4.69, 9.17) is 5.11 Å². The largest absolute Gasteiger partial charge is 0.478 e. The lowest BCUT2D eigenvalue weighted by atomic mass is 9.86. The van der Waals surface area contributed by atoms with Crippen LogP contribution in [-0.4, -0.2) is 16.9 Å². The van der Waals surface area contributed by atoms with Crippen LogP contribution in [0.15, 0.2) is 12.1 Å². The van der Waals surface area contributed by atoms with Gasteiger partial charge in [-0.3, -0.25) is 4.79 Å². The first-order valence-electron chi connectivity index (χ1n) is 4.99. The number of ketones is 1. The molecule has 0 saturated carbocycles. The summed E-state index contributed by atoms with van der Waals surface area (Å²) in [5.41, 5.74) is 2.76. The molecule has 0 saturated heterocycles. The molecule has 3 heteroatoms. The topological polar surface area (TPSA) is 54.4 Å². The molecule has 15 heavy (non-hydrogen) atoms. The quantitative estimate of drug-likeness (QED) is 0.763. The van der Waals surface area contributed by atoms with Crippen molar-refractivity contribution in [1.82, 2.24) is 0 Å². The van der Waals surface area contributed by atoms with Gasteiger partial charge in [0.05, 0.1) is 5.56 Å². The van der Waals surface area contributed by atoms with Crippen molar-refractivity contribution in [3.05, 3.63) is 34.4 Å². The number of rotatable bonds is 1. The Hall–Kier alpha value is -1.64. The summed E-state index contributed by atoms with van der Waals surface area (Å²) in [6, 6.07) is 3.14. The Morgan fingerprint density at radius 2 is 2.07 bits per heavy atom. The molecule has 1 aromatic carbocycles. The lowest BCUT2D eigenvalue weighted by Crippen LogP contribution is -2.14. The van der Waals surface area contributed by atoms with Crippen LogP contribution in [0.1, 0.15) is 44.7 Å². The van der Waals surface area contributed by atoms with Crippen LogP contribution in [0.4, 0.5) is 0 Å². The van der Waals surface area contributed by atoms with Gasteiger partial charge in [-0.05, 0) is 43.0 Å². The van der Waals surface area contributed by atoms with Crippen LogP contribution in [0.5, 0.6) is 0 Å². The Balaban J connectivity index is 2.61. The highest BCUT2D eigenvalue weighted by molar-refractivity contribution is 6.01. The first-order valence-corrected chi connectivity index (χ1v) is 4.99. The summed E-state index contributed by atoms with van der Waals surface area (Å²) in [5.74, 6) is -0.901. The van der Waals surface area contributed by atoms with Gasteiger partial charge in [0.1, 0.15) is 0 Å². The molecule has 2 rings (SSSR count). The zero-order chi connectivity index (χ0) is 11.0. The van der Waals surface area contributed by atoms with Crippen LogP contribution in [0.25, 0.3) is 0 Å². The standard InChI is InChI=1S/C12H12O3/c1-7-5-8(12(14)15)6-10-9(7)3-2-4-11(10)13/h5-6H,2-4H2,1H3,(H,14,15). The Bertz CT molecular complexity index is 446. The molecular formula is C12H12O3.